The van der Waals surface area contributed by atoms with Gasteiger partial charge in [0.2, 0.25) is 23.6 Å². The lowest BCUT2D eigenvalue weighted by Gasteiger charge is -2.15. The van der Waals surface area contributed by atoms with Crippen molar-refractivity contribution in [3.8, 4) is 0 Å². The fourth-order valence-electron chi connectivity index (χ4n) is 3.41. The average Bonchev–Trinajstić information content (AvgIpc) is 2.91. The van der Waals surface area contributed by atoms with Crippen molar-refractivity contribution in [2.45, 2.75) is 84.0 Å². The van der Waals surface area contributed by atoms with Crippen LogP contribution < -0.4 is 16.4 Å². The van der Waals surface area contributed by atoms with Crippen molar-refractivity contribution >= 4 is 23.6 Å². The largest absolute Gasteiger partial charge is 0.366 e. The van der Waals surface area contributed by atoms with Crippen molar-refractivity contribution in [2.24, 2.45) is 5.73 Å². The molecule has 0 aromatic carbocycles. The summed E-state index contributed by atoms with van der Waals surface area (Å²) in [4.78, 5) is 46.5. The number of carbonyl (C=O) groups excluding carboxylic acids is 4. The molecule has 0 heterocycles. The highest BCUT2D eigenvalue weighted by Gasteiger charge is 2.13. The van der Waals surface area contributed by atoms with Crippen molar-refractivity contribution in [1.82, 2.24) is 25.8 Å². The van der Waals surface area contributed by atoms with Crippen LogP contribution in [0, 0.1) is 0 Å². The SMILES string of the molecule is CC(=O)N(O)CCCCCNC(=O)CCC(=O)N(O)CCCCCNCOCCC(=O)N(O)CCCCCN. The third-order valence-corrected chi connectivity index (χ3v) is 5.84. The molecular weight excluding hydrogens is 512 g/mol. The highest BCUT2D eigenvalue weighted by atomic mass is 16.5. The Morgan fingerprint density at radius 1 is 0.692 bits per heavy atom. The van der Waals surface area contributed by atoms with Crippen LogP contribution in [-0.4, -0.2) is 107 Å². The highest BCUT2D eigenvalue weighted by Crippen LogP contribution is 2.02. The van der Waals surface area contributed by atoms with E-state index >= 15 is 0 Å². The molecular formula is C25H50N6O8. The van der Waals surface area contributed by atoms with Gasteiger partial charge in [-0.3, -0.25) is 40.1 Å². The monoisotopic (exact) mass is 562 g/mol. The number of nitrogens with zero attached hydrogens (tertiary/aromatic N) is 3. The van der Waals surface area contributed by atoms with Gasteiger partial charge in [-0.05, 0) is 58.0 Å². The lowest BCUT2D eigenvalue weighted by molar-refractivity contribution is -0.166. The van der Waals surface area contributed by atoms with Gasteiger partial charge in [0.15, 0.2) is 0 Å². The molecule has 39 heavy (non-hydrogen) atoms. The fraction of sp³-hybridized carbons (Fsp3) is 0.840. The first-order valence-corrected chi connectivity index (χ1v) is 13.9. The molecule has 0 aliphatic heterocycles. The van der Waals surface area contributed by atoms with Crippen LogP contribution in [0.25, 0.3) is 0 Å². The van der Waals surface area contributed by atoms with Crippen LogP contribution in [0.2, 0.25) is 0 Å². The summed E-state index contributed by atoms with van der Waals surface area (Å²) in [5.74, 6) is -1.56. The first-order chi connectivity index (χ1) is 18.7. The number of carbonyl (C=O) groups is 4. The van der Waals surface area contributed by atoms with E-state index in [1.165, 1.54) is 6.92 Å². The molecule has 0 bridgehead atoms. The van der Waals surface area contributed by atoms with E-state index in [2.05, 4.69) is 10.6 Å². The van der Waals surface area contributed by atoms with Gasteiger partial charge < -0.3 is 15.8 Å². The van der Waals surface area contributed by atoms with Gasteiger partial charge in [-0.25, -0.2) is 15.2 Å². The smallest absolute Gasteiger partial charge is 0.248 e. The molecule has 14 nitrogen and oxygen atoms in total. The maximum atomic E-state index is 12.0. The molecule has 0 aromatic rings. The number of unbranched alkanes of at least 4 members (excludes halogenated alkanes) is 6. The van der Waals surface area contributed by atoms with Gasteiger partial charge in [0, 0.05) is 45.9 Å². The molecule has 0 radical (unpaired) electrons. The minimum absolute atomic E-state index is 0.00864. The molecule has 14 heteroatoms. The zero-order chi connectivity index (χ0) is 29.3. The third kappa shape index (κ3) is 22.2. The van der Waals surface area contributed by atoms with E-state index in [-0.39, 0.29) is 57.5 Å². The lowest BCUT2D eigenvalue weighted by Crippen LogP contribution is -2.31. The van der Waals surface area contributed by atoms with Gasteiger partial charge in [0.05, 0.1) is 19.8 Å². The van der Waals surface area contributed by atoms with Gasteiger partial charge >= 0.3 is 0 Å². The Labute approximate surface area is 231 Å². The second-order valence-corrected chi connectivity index (χ2v) is 9.30. The van der Waals surface area contributed by atoms with Crippen LogP contribution in [0.1, 0.15) is 84.0 Å². The summed E-state index contributed by atoms with van der Waals surface area (Å²) in [5, 5.41) is 36.6. The Morgan fingerprint density at radius 2 is 1.23 bits per heavy atom. The minimum atomic E-state index is -0.504. The molecule has 0 aliphatic carbocycles. The maximum absolute atomic E-state index is 12.0. The molecule has 0 rings (SSSR count). The van der Waals surface area contributed by atoms with Crippen molar-refractivity contribution in [3.05, 3.63) is 0 Å². The molecule has 0 aromatic heterocycles. The Balaban J connectivity index is 3.60. The quantitative estimate of drug-likeness (QED) is 0.0403. The molecule has 0 aliphatic rings. The van der Waals surface area contributed by atoms with Gasteiger partial charge in [-0.2, -0.15) is 0 Å². The first-order valence-electron chi connectivity index (χ1n) is 13.9. The van der Waals surface area contributed by atoms with Crippen molar-refractivity contribution < 1.29 is 39.5 Å². The molecule has 0 saturated heterocycles. The predicted octanol–water partition coefficient (Wildman–Crippen LogP) is 0.980. The Kier molecular flexibility index (Phi) is 23.2. The minimum Gasteiger partial charge on any atom is -0.366 e. The van der Waals surface area contributed by atoms with Crippen LogP contribution >= 0.6 is 0 Å². The summed E-state index contributed by atoms with van der Waals surface area (Å²) in [5.41, 5.74) is 5.40. The van der Waals surface area contributed by atoms with Crippen molar-refractivity contribution in [1.29, 1.82) is 0 Å². The van der Waals surface area contributed by atoms with Crippen LogP contribution in [-0.2, 0) is 23.9 Å². The third-order valence-electron chi connectivity index (χ3n) is 5.84. The van der Waals surface area contributed by atoms with E-state index in [0.717, 1.165) is 37.2 Å². The highest BCUT2D eigenvalue weighted by molar-refractivity contribution is 5.83. The number of nitrogens with one attached hydrogen (secondary N) is 2. The Morgan fingerprint density at radius 3 is 1.82 bits per heavy atom. The normalized spacial score (nSPS) is 10.8. The van der Waals surface area contributed by atoms with E-state index in [0.29, 0.717) is 62.0 Å². The lowest BCUT2D eigenvalue weighted by atomic mass is 10.2. The molecule has 0 unspecified atom stereocenters. The number of amides is 4. The molecule has 4 amide bonds. The molecule has 0 atom stereocenters. The zero-order valence-electron chi connectivity index (χ0n) is 23.4. The summed E-state index contributed by atoms with van der Waals surface area (Å²) in [6, 6.07) is 0. The van der Waals surface area contributed by atoms with Gasteiger partial charge in [-0.15, -0.1) is 0 Å². The van der Waals surface area contributed by atoms with E-state index in [1.54, 1.807) is 0 Å². The molecule has 228 valence electrons. The van der Waals surface area contributed by atoms with E-state index in [9.17, 15) is 34.8 Å². The first kappa shape index (κ1) is 36.6. The van der Waals surface area contributed by atoms with Crippen LogP contribution in [0.4, 0.5) is 0 Å². The van der Waals surface area contributed by atoms with Crippen LogP contribution in [0.5, 0.6) is 0 Å². The standard InChI is InChI=1S/C25H50N6O8/c1-22(32)29(36)17-9-4-7-16-28-23(33)11-12-24(34)30(37)19-10-3-6-15-27-21-39-20-13-25(35)31(38)18-8-2-5-14-26/h27,36-38H,2-21,26H2,1H3,(H,28,33). The van der Waals surface area contributed by atoms with Crippen LogP contribution in [0.15, 0.2) is 0 Å². The fourth-order valence-corrected chi connectivity index (χ4v) is 3.41. The maximum Gasteiger partial charge on any atom is 0.248 e. The Hall–Kier alpha value is -2.36. The van der Waals surface area contributed by atoms with Gasteiger partial charge in [0.25, 0.3) is 0 Å². The van der Waals surface area contributed by atoms with E-state index in [4.69, 9.17) is 10.5 Å². The number of hydrogen-bond acceptors (Lipinski definition) is 10. The van der Waals surface area contributed by atoms with E-state index < -0.39 is 11.8 Å². The second kappa shape index (κ2) is 24.7. The molecule has 0 spiro atoms. The van der Waals surface area contributed by atoms with Crippen LogP contribution in [0.3, 0.4) is 0 Å². The number of hydroxylamine groups is 6. The number of rotatable bonds is 25. The summed E-state index contributed by atoms with van der Waals surface area (Å²) < 4.78 is 5.34. The number of ether oxygens (including phenoxy) is 1. The summed E-state index contributed by atoms with van der Waals surface area (Å²) in [6.07, 6.45) is 6.70. The number of hydrogen-bond donors (Lipinski definition) is 6. The summed E-state index contributed by atoms with van der Waals surface area (Å²) >= 11 is 0. The summed E-state index contributed by atoms with van der Waals surface area (Å²) in [6.45, 7) is 4.21. The van der Waals surface area contributed by atoms with Gasteiger partial charge in [0.1, 0.15) is 0 Å². The number of nitrogens with two attached hydrogens (primary N) is 1. The molecule has 7 N–H and O–H groups in total. The summed E-state index contributed by atoms with van der Waals surface area (Å²) in [7, 11) is 0. The molecule has 0 saturated carbocycles. The molecule has 0 fully saturated rings. The zero-order valence-corrected chi connectivity index (χ0v) is 23.4. The van der Waals surface area contributed by atoms with Crippen molar-refractivity contribution in [3.63, 3.8) is 0 Å². The predicted molar refractivity (Wildman–Crippen MR) is 142 cm³/mol. The average molecular weight is 563 g/mol. The van der Waals surface area contributed by atoms with Gasteiger partial charge in [-0.1, -0.05) is 12.8 Å². The topological polar surface area (TPSA) is 198 Å². The Bertz CT molecular complexity index is 685. The van der Waals surface area contributed by atoms with Crippen molar-refractivity contribution in [2.75, 3.05) is 52.6 Å². The second-order valence-electron chi connectivity index (χ2n) is 9.30. The van der Waals surface area contributed by atoms with E-state index in [1.807, 2.05) is 0 Å².